The molecule has 1 aliphatic heterocycles. The molecule has 2 aromatic heterocycles. The molecular formula is C23H27N5O5S. The number of aliphatic hydroxyl groups excluding tert-OH is 1. The monoisotopic (exact) mass is 485 g/mol. The van der Waals surface area contributed by atoms with Gasteiger partial charge in [-0.05, 0) is 42.7 Å². The van der Waals surface area contributed by atoms with E-state index in [2.05, 4.69) is 15.6 Å². The van der Waals surface area contributed by atoms with Gasteiger partial charge in [-0.3, -0.25) is 9.59 Å². The predicted octanol–water partition coefficient (Wildman–Crippen LogP) is 2.50. The molecule has 3 heterocycles. The van der Waals surface area contributed by atoms with Gasteiger partial charge in [0.2, 0.25) is 5.91 Å². The minimum Gasteiger partial charge on any atom is -0.391 e. The summed E-state index contributed by atoms with van der Waals surface area (Å²) in [5.41, 5.74) is 11.5. The van der Waals surface area contributed by atoms with Crippen LogP contribution in [0, 0.1) is 12.8 Å². The maximum atomic E-state index is 13.4. The molecule has 11 heteroatoms. The van der Waals surface area contributed by atoms with Gasteiger partial charge < -0.3 is 25.1 Å². The lowest BCUT2D eigenvalue weighted by Gasteiger charge is -2.28. The van der Waals surface area contributed by atoms with Crippen LogP contribution in [-0.4, -0.2) is 50.7 Å². The minimum atomic E-state index is -0.871. The number of rotatable bonds is 7. The van der Waals surface area contributed by atoms with Gasteiger partial charge in [-0.15, -0.1) is 11.3 Å². The number of hydrogen-bond donors (Lipinski definition) is 3. The number of aromatic nitrogens is 2. The molecule has 10 nitrogen and oxygen atoms in total. The van der Waals surface area contributed by atoms with Gasteiger partial charge in [0.05, 0.1) is 22.2 Å². The third-order valence-corrected chi connectivity index (χ3v) is 6.62. The fourth-order valence-electron chi connectivity index (χ4n) is 4.07. The summed E-state index contributed by atoms with van der Waals surface area (Å²) >= 11 is 1.43. The zero-order valence-corrected chi connectivity index (χ0v) is 19.9. The summed E-state index contributed by atoms with van der Waals surface area (Å²) in [6.45, 7) is 5.63. The van der Waals surface area contributed by atoms with Crippen LogP contribution >= 0.6 is 11.3 Å². The normalized spacial score (nSPS) is 18.8. The zero-order valence-electron chi connectivity index (χ0n) is 19.1. The predicted molar refractivity (Wildman–Crippen MR) is 126 cm³/mol. The van der Waals surface area contributed by atoms with Crippen LogP contribution in [-0.2, 0) is 9.59 Å². The van der Waals surface area contributed by atoms with Crippen LogP contribution in [0.3, 0.4) is 0 Å². The average Bonchev–Trinajstić information content (AvgIpc) is 3.52. The van der Waals surface area contributed by atoms with Gasteiger partial charge in [-0.25, -0.2) is 4.98 Å². The zero-order chi connectivity index (χ0) is 24.4. The van der Waals surface area contributed by atoms with E-state index in [0.29, 0.717) is 23.0 Å². The van der Waals surface area contributed by atoms with E-state index in [0.717, 1.165) is 10.4 Å². The number of nitrogens with zero attached hydrogens (tertiary/aromatic N) is 3. The van der Waals surface area contributed by atoms with Gasteiger partial charge in [0.1, 0.15) is 23.5 Å². The van der Waals surface area contributed by atoms with Crippen molar-refractivity contribution < 1.29 is 24.1 Å². The number of β-amino-alcohol motifs (C(OH)–C–C–N with tert-alkyl or cyclic N) is 1. The van der Waals surface area contributed by atoms with Crippen LogP contribution < -0.4 is 16.1 Å². The summed E-state index contributed by atoms with van der Waals surface area (Å²) in [5.74, 6) is -0.217. The number of benzene rings is 1. The van der Waals surface area contributed by atoms with Crippen molar-refractivity contribution in [3.63, 3.8) is 0 Å². The number of carbonyl (C=O) groups is 2. The third-order valence-electron chi connectivity index (χ3n) is 5.73. The van der Waals surface area contributed by atoms with Gasteiger partial charge in [0.15, 0.2) is 5.75 Å². The highest BCUT2D eigenvalue weighted by atomic mass is 32.1. The Morgan fingerprint density at radius 1 is 1.32 bits per heavy atom. The van der Waals surface area contributed by atoms with E-state index in [9.17, 15) is 14.7 Å². The molecule has 1 aliphatic rings. The van der Waals surface area contributed by atoms with Crippen molar-refractivity contribution in [1.82, 2.24) is 20.5 Å². The molecule has 4 N–H and O–H groups in total. The lowest BCUT2D eigenvalue weighted by atomic mass is 9.91. The molecule has 0 radical (unpaired) electrons. The first-order valence-electron chi connectivity index (χ1n) is 10.9. The Balaban J connectivity index is 1.43. The highest BCUT2D eigenvalue weighted by molar-refractivity contribution is 7.13. The number of anilines is 1. The Labute approximate surface area is 200 Å². The molecule has 0 spiro atoms. The van der Waals surface area contributed by atoms with Crippen molar-refractivity contribution in [2.45, 2.75) is 45.3 Å². The van der Waals surface area contributed by atoms with Crippen molar-refractivity contribution in [1.29, 1.82) is 0 Å². The fourth-order valence-corrected chi connectivity index (χ4v) is 4.79. The quantitative estimate of drug-likeness (QED) is 0.433. The molecule has 34 heavy (non-hydrogen) atoms. The number of amides is 2. The standard InChI is InChI=1S/C23H27N5O5S/c1-12(2)19(18-8-13(3)26-33-18)23(31)28-10-15(29)9-17(28)22(30)27-32-16-6-4-14(5-7-16)20-21(24)25-11-34-20/h4-8,11-12,15,17,19,29H,9-10,24H2,1-3H3,(H,27,30)/t15-,17+,19?/m1/s1. The number of likely N-dealkylation sites (tertiary alicyclic amines) is 1. The average molecular weight is 486 g/mol. The number of nitrogens with one attached hydrogen (secondary N) is 1. The van der Waals surface area contributed by atoms with E-state index in [4.69, 9.17) is 15.1 Å². The van der Waals surface area contributed by atoms with E-state index in [1.54, 1.807) is 30.6 Å². The third kappa shape index (κ3) is 4.90. The summed E-state index contributed by atoms with van der Waals surface area (Å²) < 4.78 is 5.34. The first-order valence-corrected chi connectivity index (χ1v) is 11.8. The van der Waals surface area contributed by atoms with Crippen LogP contribution in [0.15, 0.2) is 40.4 Å². The minimum absolute atomic E-state index is 0.0538. The molecule has 180 valence electrons. The van der Waals surface area contributed by atoms with Gasteiger partial charge >= 0.3 is 0 Å². The molecule has 2 amide bonds. The first kappa shape index (κ1) is 23.7. The van der Waals surface area contributed by atoms with Crippen LogP contribution in [0.1, 0.15) is 37.6 Å². The number of nitrogen functional groups attached to an aromatic ring is 1. The Bertz CT molecular complexity index is 1160. The highest BCUT2D eigenvalue weighted by Gasteiger charge is 2.43. The second-order valence-corrected chi connectivity index (χ2v) is 9.50. The summed E-state index contributed by atoms with van der Waals surface area (Å²) in [5, 5.41) is 14.1. The molecule has 0 bridgehead atoms. The smallest absolute Gasteiger partial charge is 0.275 e. The molecule has 1 unspecified atom stereocenters. The summed E-state index contributed by atoms with van der Waals surface area (Å²) in [6, 6.07) is 7.87. The Morgan fingerprint density at radius 2 is 2.06 bits per heavy atom. The first-order chi connectivity index (χ1) is 16.2. The number of aliphatic hydroxyl groups is 1. The summed E-state index contributed by atoms with van der Waals surface area (Å²) in [4.78, 5) is 38.0. The Hall–Kier alpha value is -3.44. The second kappa shape index (κ2) is 9.82. The van der Waals surface area contributed by atoms with E-state index in [1.807, 2.05) is 26.0 Å². The van der Waals surface area contributed by atoms with Gasteiger partial charge in [0.25, 0.3) is 5.91 Å². The number of nitrogens with two attached hydrogens (primary N) is 1. The lowest BCUT2D eigenvalue weighted by Crippen LogP contribution is -2.48. The van der Waals surface area contributed by atoms with E-state index in [1.165, 1.54) is 16.2 Å². The summed E-state index contributed by atoms with van der Waals surface area (Å²) in [7, 11) is 0. The number of hydrogen-bond acceptors (Lipinski definition) is 9. The van der Waals surface area contributed by atoms with Crippen LogP contribution in [0.25, 0.3) is 10.4 Å². The molecule has 1 fully saturated rings. The number of hydroxylamine groups is 1. The SMILES string of the molecule is Cc1cc(C(C(=O)N2C[C@H](O)C[C@H]2C(=O)NOc2ccc(-c3scnc3N)cc2)C(C)C)on1. The van der Waals surface area contributed by atoms with Gasteiger partial charge in [0, 0.05) is 19.0 Å². The maximum Gasteiger partial charge on any atom is 0.275 e. The molecule has 0 saturated carbocycles. The Kier molecular flexibility index (Phi) is 6.85. The molecule has 0 aliphatic carbocycles. The van der Waals surface area contributed by atoms with Crippen molar-refractivity contribution in [2.75, 3.05) is 12.3 Å². The van der Waals surface area contributed by atoms with Gasteiger partial charge in [-0.1, -0.05) is 19.0 Å². The second-order valence-electron chi connectivity index (χ2n) is 8.65. The van der Waals surface area contributed by atoms with Crippen LogP contribution in [0.5, 0.6) is 5.75 Å². The van der Waals surface area contributed by atoms with Crippen LogP contribution in [0.2, 0.25) is 0 Å². The number of aryl methyl sites for hydroxylation is 1. The van der Waals surface area contributed by atoms with Crippen molar-refractivity contribution in [3.05, 3.63) is 47.3 Å². The Morgan fingerprint density at radius 3 is 2.65 bits per heavy atom. The van der Waals surface area contributed by atoms with Crippen molar-refractivity contribution >= 4 is 29.0 Å². The van der Waals surface area contributed by atoms with E-state index < -0.39 is 24.0 Å². The van der Waals surface area contributed by atoms with E-state index in [-0.39, 0.29) is 24.8 Å². The molecule has 1 aromatic carbocycles. The number of thiazole rings is 1. The van der Waals surface area contributed by atoms with E-state index >= 15 is 0 Å². The number of carbonyl (C=O) groups excluding carboxylic acids is 2. The molecule has 3 aromatic rings. The lowest BCUT2D eigenvalue weighted by molar-refractivity contribution is -0.143. The molecule has 3 atom stereocenters. The van der Waals surface area contributed by atoms with Gasteiger partial charge in [-0.2, -0.15) is 5.48 Å². The molecule has 1 saturated heterocycles. The van der Waals surface area contributed by atoms with Crippen molar-refractivity contribution in [2.24, 2.45) is 5.92 Å². The van der Waals surface area contributed by atoms with Crippen molar-refractivity contribution in [3.8, 4) is 16.2 Å². The summed E-state index contributed by atoms with van der Waals surface area (Å²) in [6.07, 6.45) is -0.696. The molecule has 4 rings (SSSR count). The molecular weight excluding hydrogens is 458 g/mol. The highest BCUT2D eigenvalue weighted by Crippen LogP contribution is 2.32. The largest absolute Gasteiger partial charge is 0.391 e. The topological polar surface area (TPSA) is 144 Å². The maximum absolute atomic E-state index is 13.4. The fraction of sp³-hybridized carbons (Fsp3) is 0.391. The van der Waals surface area contributed by atoms with Crippen LogP contribution in [0.4, 0.5) is 5.82 Å².